The Morgan fingerprint density at radius 2 is 2.05 bits per heavy atom. The Hall–Kier alpha value is -2.86. The van der Waals surface area contributed by atoms with Gasteiger partial charge >= 0.3 is 0 Å². The van der Waals surface area contributed by atoms with Gasteiger partial charge in [-0.05, 0) is 29.5 Å². The summed E-state index contributed by atoms with van der Waals surface area (Å²) >= 11 is 6.14. The van der Waals surface area contributed by atoms with E-state index >= 15 is 0 Å². The van der Waals surface area contributed by atoms with Crippen molar-refractivity contribution in [3.8, 4) is 5.75 Å². The number of halogens is 1. The van der Waals surface area contributed by atoms with Gasteiger partial charge in [-0.3, -0.25) is 10.1 Å². The number of para-hydroxylation sites is 2. The third-order valence-corrected chi connectivity index (χ3v) is 3.24. The number of aromatic nitrogens is 1. The van der Waals surface area contributed by atoms with Crippen LogP contribution in [0, 0.1) is 10.1 Å². The molecule has 7 heteroatoms. The van der Waals surface area contributed by atoms with Crippen LogP contribution in [0.2, 0.25) is 0 Å². The average Bonchev–Trinajstić information content (AvgIpc) is 2.93. The van der Waals surface area contributed by atoms with Gasteiger partial charge in [0.2, 0.25) is 5.89 Å². The lowest BCUT2D eigenvalue weighted by atomic mass is 10.1. The molecule has 0 atom stereocenters. The summed E-state index contributed by atoms with van der Waals surface area (Å²) in [5, 5.41) is 22.3. The summed E-state index contributed by atoms with van der Waals surface area (Å²) in [7, 11) is 0. The number of nitro benzene ring substituents is 1. The van der Waals surface area contributed by atoms with Crippen molar-refractivity contribution in [3.05, 3.63) is 64.0 Å². The second-order valence-corrected chi connectivity index (χ2v) is 4.87. The molecule has 0 saturated heterocycles. The van der Waals surface area contributed by atoms with Crippen LogP contribution in [0.3, 0.4) is 0 Å². The van der Waals surface area contributed by atoms with E-state index in [1.165, 1.54) is 12.1 Å². The zero-order chi connectivity index (χ0) is 15.7. The summed E-state index contributed by atoms with van der Waals surface area (Å²) < 4.78 is 5.50. The minimum atomic E-state index is -0.729. The number of hydrogen-bond acceptors (Lipinski definition) is 5. The molecule has 0 spiro atoms. The minimum Gasteiger partial charge on any atom is -0.868 e. The molecule has 6 nitrogen and oxygen atoms in total. The van der Waals surface area contributed by atoms with E-state index in [9.17, 15) is 15.2 Å². The SMILES string of the molecule is O=[N+]([O-])c1cc(/C=C(\Cl)c2nc3ccccc3o2)ccc1[O-]. The average molecular weight is 316 g/mol. The van der Waals surface area contributed by atoms with Crippen molar-refractivity contribution >= 4 is 39.5 Å². The largest absolute Gasteiger partial charge is 0.868 e. The van der Waals surface area contributed by atoms with Gasteiger partial charge in [-0.15, -0.1) is 0 Å². The molecule has 0 bridgehead atoms. The summed E-state index contributed by atoms with van der Waals surface area (Å²) in [5.74, 6) is -0.447. The second-order valence-electron chi connectivity index (χ2n) is 4.46. The van der Waals surface area contributed by atoms with E-state index in [0.717, 1.165) is 12.1 Å². The van der Waals surface area contributed by atoms with Crippen LogP contribution in [0.4, 0.5) is 5.69 Å². The Kier molecular flexibility index (Phi) is 3.52. The molecule has 3 aromatic rings. The summed E-state index contributed by atoms with van der Waals surface area (Å²) in [4.78, 5) is 14.3. The fraction of sp³-hybridized carbons (Fsp3) is 0. The van der Waals surface area contributed by atoms with Gasteiger partial charge in [-0.2, -0.15) is 0 Å². The van der Waals surface area contributed by atoms with Crippen molar-refractivity contribution < 1.29 is 14.4 Å². The lowest BCUT2D eigenvalue weighted by molar-refractivity contribution is -0.398. The fourth-order valence-electron chi connectivity index (χ4n) is 1.95. The van der Waals surface area contributed by atoms with Gasteiger partial charge < -0.3 is 9.52 Å². The van der Waals surface area contributed by atoms with Crippen molar-refractivity contribution in [1.82, 2.24) is 4.98 Å². The van der Waals surface area contributed by atoms with Crippen LogP contribution in [-0.4, -0.2) is 9.91 Å². The molecule has 0 amide bonds. The molecule has 0 radical (unpaired) electrons. The van der Waals surface area contributed by atoms with Crippen molar-refractivity contribution in [3.63, 3.8) is 0 Å². The predicted octanol–water partition coefficient (Wildman–Crippen LogP) is 3.55. The van der Waals surface area contributed by atoms with E-state index in [-0.39, 0.29) is 10.9 Å². The van der Waals surface area contributed by atoms with Gasteiger partial charge in [0.1, 0.15) is 10.5 Å². The third kappa shape index (κ3) is 2.64. The van der Waals surface area contributed by atoms with E-state index in [1.807, 2.05) is 12.1 Å². The summed E-state index contributed by atoms with van der Waals surface area (Å²) in [6.07, 6.45) is 1.46. The standard InChI is InChI=1S/C15H9ClN2O4/c16-10(15-17-11-3-1-2-4-14(11)22-15)7-9-5-6-13(19)12(8-9)18(20)21/h1-8,19H/p-1/b10-7-. The molecule has 0 aliphatic heterocycles. The van der Waals surface area contributed by atoms with Crippen molar-refractivity contribution in [2.45, 2.75) is 0 Å². The number of nitrogens with zero attached hydrogens (tertiary/aromatic N) is 2. The number of nitro groups is 1. The summed E-state index contributed by atoms with van der Waals surface area (Å²) in [6, 6.07) is 10.9. The summed E-state index contributed by atoms with van der Waals surface area (Å²) in [5.41, 5.74) is 1.16. The van der Waals surface area contributed by atoms with Crippen LogP contribution in [0.5, 0.6) is 5.75 Å². The predicted molar refractivity (Wildman–Crippen MR) is 80.3 cm³/mol. The Balaban J connectivity index is 2.00. The summed E-state index contributed by atoms with van der Waals surface area (Å²) in [6.45, 7) is 0. The first-order chi connectivity index (χ1) is 10.5. The van der Waals surface area contributed by atoms with Crippen LogP contribution in [0.25, 0.3) is 22.2 Å². The lowest BCUT2D eigenvalue weighted by Crippen LogP contribution is -1.97. The van der Waals surface area contributed by atoms with Gasteiger partial charge in [0, 0.05) is 6.07 Å². The van der Waals surface area contributed by atoms with Crippen molar-refractivity contribution in [2.75, 3.05) is 0 Å². The number of oxazole rings is 1. The highest BCUT2D eigenvalue weighted by Crippen LogP contribution is 2.29. The number of benzene rings is 2. The van der Waals surface area contributed by atoms with Crippen molar-refractivity contribution in [2.24, 2.45) is 0 Å². The van der Waals surface area contributed by atoms with Gasteiger partial charge in [0.05, 0.1) is 4.92 Å². The van der Waals surface area contributed by atoms with Crippen LogP contribution >= 0.6 is 11.6 Å². The van der Waals surface area contributed by atoms with Crippen molar-refractivity contribution in [1.29, 1.82) is 0 Å². The van der Waals surface area contributed by atoms with Gasteiger partial charge in [-0.1, -0.05) is 35.9 Å². The highest BCUT2D eigenvalue weighted by atomic mass is 35.5. The van der Waals surface area contributed by atoms with E-state index < -0.39 is 16.4 Å². The molecule has 0 aliphatic rings. The molecule has 22 heavy (non-hydrogen) atoms. The molecule has 0 fully saturated rings. The molecule has 1 heterocycles. The fourth-order valence-corrected chi connectivity index (χ4v) is 2.16. The lowest BCUT2D eigenvalue weighted by Gasteiger charge is -2.06. The quantitative estimate of drug-likeness (QED) is 0.544. The zero-order valence-corrected chi connectivity index (χ0v) is 11.8. The van der Waals surface area contributed by atoms with E-state index in [0.29, 0.717) is 16.7 Å². The molecule has 110 valence electrons. The van der Waals surface area contributed by atoms with Gasteiger partial charge in [0.25, 0.3) is 5.69 Å². The Morgan fingerprint density at radius 3 is 2.77 bits per heavy atom. The molecule has 0 N–H and O–H groups in total. The Labute approximate surface area is 129 Å². The van der Waals surface area contributed by atoms with Crippen LogP contribution in [0.15, 0.2) is 46.9 Å². The molecule has 3 rings (SSSR count). The van der Waals surface area contributed by atoms with E-state index in [4.69, 9.17) is 16.0 Å². The molecular weight excluding hydrogens is 308 g/mol. The number of hydrogen-bond donors (Lipinski definition) is 0. The first-order valence-corrected chi connectivity index (χ1v) is 6.61. The molecule has 0 unspecified atom stereocenters. The van der Waals surface area contributed by atoms with E-state index in [1.54, 1.807) is 12.1 Å². The topological polar surface area (TPSA) is 92.2 Å². The Morgan fingerprint density at radius 1 is 1.27 bits per heavy atom. The normalized spacial score (nSPS) is 11.8. The smallest absolute Gasteiger partial charge is 0.262 e. The molecule has 2 aromatic carbocycles. The van der Waals surface area contributed by atoms with E-state index in [2.05, 4.69) is 4.98 Å². The second kappa shape index (κ2) is 5.50. The highest BCUT2D eigenvalue weighted by molar-refractivity contribution is 6.50. The van der Waals surface area contributed by atoms with Crippen LogP contribution in [-0.2, 0) is 0 Å². The Bertz CT molecular complexity index is 868. The van der Waals surface area contributed by atoms with Gasteiger partial charge in [-0.25, -0.2) is 4.98 Å². The number of fused-ring (bicyclic) bond motifs is 1. The minimum absolute atomic E-state index is 0.184. The highest BCUT2D eigenvalue weighted by Gasteiger charge is 2.11. The maximum absolute atomic E-state index is 11.4. The maximum Gasteiger partial charge on any atom is 0.262 e. The first kappa shape index (κ1) is 14.1. The molecule has 0 saturated carbocycles. The zero-order valence-electron chi connectivity index (χ0n) is 11.0. The maximum atomic E-state index is 11.4. The van der Waals surface area contributed by atoms with Gasteiger partial charge in [0.15, 0.2) is 5.58 Å². The third-order valence-electron chi connectivity index (χ3n) is 2.97. The van der Waals surface area contributed by atoms with Crippen LogP contribution < -0.4 is 5.11 Å². The first-order valence-electron chi connectivity index (χ1n) is 6.23. The number of rotatable bonds is 3. The molecule has 1 aromatic heterocycles. The van der Waals surface area contributed by atoms with Crippen LogP contribution in [0.1, 0.15) is 11.5 Å². The monoisotopic (exact) mass is 315 g/mol. The molecular formula is C15H8ClN2O4-. The molecule has 0 aliphatic carbocycles.